The second-order valence-corrected chi connectivity index (χ2v) is 6.29. The van der Waals surface area contributed by atoms with Gasteiger partial charge in [0.05, 0.1) is 0 Å². The summed E-state index contributed by atoms with van der Waals surface area (Å²) in [6, 6.07) is 1.86. The van der Waals surface area contributed by atoms with Gasteiger partial charge in [-0.1, -0.05) is 37.8 Å². The average molecular weight is 321 g/mol. The molecule has 1 aromatic heterocycles. The van der Waals surface area contributed by atoms with E-state index >= 15 is 0 Å². The maximum atomic E-state index is 12.5. The minimum atomic E-state index is -0.214. The monoisotopic (exact) mass is 321 g/mol. The van der Waals surface area contributed by atoms with Gasteiger partial charge in [0.15, 0.2) is 5.82 Å². The van der Waals surface area contributed by atoms with Crippen molar-refractivity contribution in [1.82, 2.24) is 10.1 Å². The Bertz CT molecular complexity index is 521. The number of carbonyl (C=O) groups excluding carboxylic acids is 2. The molecule has 0 bridgehead atoms. The Morgan fingerprint density at radius 1 is 1.35 bits per heavy atom. The van der Waals surface area contributed by atoms with E-state index in [1.165, 1.54) is 6.42 Å². The Hall–Kier alpha value is -1.85. The van der Waals surface area contributed by atoms with E-state index in [9.17, 15) is 9.59 Å². The van der Waals surface area contributed by atoms with Crippen molar-refractivity contribution in [3.05, 3.63) is 11.8 Å². The summed E-state index contributed by atoms with van der Waals surface area (Å²) in [6.45, 7) is 3.93. The van der Waals surface area contributed by atoms with Gasteiger partial charge >= 0.3 is 0 Å². The lowest BCUT2D eigenvalue weighted by Crippen LogP contribution is -2.45. The summed E-state index contributed by atoms with van der Waals surface area (Å²) in [6.07, 6.45) is 7.84. The highest BCUT2D eigenvalue weighted by Gasteiger charge is 2.27. The van der Waals surface area contributed by atoms with Crippen molar-refractivity contribution in [2.75, 3.05) is 11.9 Å². The third-order valence-electron chi connectivity index (χ3n) is 4.29. The van der Waals surface area contributed by atoms with Crippen molar-refractivity contribution in [3.8, 4) is 0 Å². The van der Waals surface area contributed by atoms with E-state index in [4.69, 9.17) is 4.52 Å². The quantitative estimate of drug-likeness (QED) is 0.836. The lowest BCUT2D eigenvalue weighted by molar-refractivity contribution is -0.137. The van der Waals surface area contributed by atoms with Crippen LogP contribution in [0.2, 0.25) is 0 Å². The van der Waals surface area contributed by atoms with E-state index in [1.807, 2.05) is 0 Å². The van der Waals surface area contributed by atoms with Gasteiger partial charge < -0.3 is 14.7 Å². The molecule has 0 spiro atoms. The molecular weight excluding hydrogens is 294 g/mol. The fraction of sp³-hybridized carbons (Fsp3) is 0.706. The van der Waals surface area contributed by atoms with Crippen LogP contribution in [0.4, 0.5) is 5.82 Å². The van der Waals surface area contributed by atoms with Gasteiger partial charge in [0.2, 0.25) is 11.8 Å². The Morgan fingerprint density at radius 2 is 2.09 bits per heavy atom. The molecule has 1 aliphatic carbocycles. The van der Waals surface area contributed by atoms with Crippen LogP contribution >= 0.6 is 0 Å². The van der Waals surface area contributed by atoms with Gasteiger partial charge in [0, 0.05) is 18.5 Å². The second kappa shape index (κ2) is 8.70. The second-order valence-electron chi connectivity index (χ2n) is 6.29. The van der Waals surface area contributed by atoms with Crippen LogP contribution in [-0.4, -0.2) is 34.5 Å². The molecule has 1 saturated carbocycles. The van der Waals surface area contributed by atoms with Crippen molar-refractivity contribution in [2.24, 2.45) is 0 Å². The van der Waals surface area contributed by atoms with E-state index in [1.54, 1.807) is 17.9 Å². The lowest BCUT2D eigenvalue weighted by Gasteiger charge is -2.34. The highest BCUT2D eigenvalue weighted by molar-refractivity contribution is 5.93. The number of unbranched alkanes of at least 4 members (excludes halogenated alkanes) is 1. The van der Waals surface area contributed by atoms with Crippen molar-refractivity contribution in [2.45, 2.75) is 71.3 Å². The smallest absolute Gasteiger partial charge is 0.245 e. The molecule has 6 nitrogen and oxygen atoms in total. The van der Waals surface area contributed by atoms with Crippen LogP contribution < -0.4 is 5.32 Å². The predicted molar refractivity (Wildman–Crippen MR) is 88.0 cm³/mol. The molecule has 0 saturated heterocycles. The number of aromatic nitrogens is 1. The first-order valence-corrected chi connectivity index (χ1v) is 8.62. The molecule has 23 heavy (non-hydrogen) atoms. The first-order valence-electron chi connectivity index (χ1n) is 8.62. The summed E-state index contributed by atoms with van der Waals surface area (Å²) < 4.78 is 4.94. The van der Waals surface area contributed by atoms with Crippen molar-refractivity contribution < 1.29 is 14.1 Å². The van der Waals surface area contributed by atoms with E-state index < -0.39 is 0 Å². The molecule has 0 aromatic carbocycles. The summed E-state index contributed by atoms with van der Waals surface area (Å²) in [7, 11) is 0. The Morgan fingerprint density at radius 3 is 2.70 bits per heavy atom. The van der Waals surface area contributed by atoms with E-state index in [0.717, 1.165) is 38.5 Å². The van der Waals surface area contributed by atoms with Gasteiger partial charge in [-0.05, 0) is 26.2 Å². The molecule has 2 amide bonds. The van der Waals surface area contributed by atoms with Crippen LogP contribution in [0.3, 0.4) is 0 Å². The third kappa shape index (κ3) is 5.37. The summed E-state index contributed by atoms with van der Waals surface area (Å²) in [5, 5.41) is 6.47. The molecule has 0 atom stereocenters. The Labute approximate surface area is 137 Å². The fourth-order valence-corrected chi connectivity index (χ4v) is 3.05. The zero-order valence-electron chi connectivity index (χ0n) is 14.1. The summed E-state index contributed by atoms with van der Waals surface area (Å²) in [5.41, 5.74) is 0. The highest BCUT2D eigenvalue weighted by atomic mass is 16.5. The van der Waals surface area contributed by atoms with Crippen LogP contribution in [-0.2, 0) is 9.59 Å². The van der Waals surface area contributed by atoms with Crippen molar-refractivity contribution in [1.29, 1.82) is 0 Å². The Balaban J connectivity index is 1.97. The number of rotatable bonds is 7. The maximum absolute atomic E-state index is 12.5. The van der Waals surface area contributed by atoms with Gasteiger partial charge in [-0.15, -0.1) is 0 Å². The minimum absolute atomic E-state index is 0.0882. The number of hydrogen-bond donors (Lipinski definition) is 1. The van der Waals surface area contributed by atoms with Gasteiger partial charge in [-0.3, -0.25) is 9.59 Å². The molecule has 0 radical (unpaired) electrons. The predicted octanol–water partition coefficient (Wildman–Crippen LogP) is 3.27. The number of anilines is 1. The standard InChI is InChI=1S/C17H27N3O3/c1-3-4-10-17(22)20(14-8-6-5-7-9-14)12-16(21)18-15-11-13(2)23-19-15/h11,14H,3-10,12H2,1-2H3,(H,18,19,21). The molecular formula is C17H27N3O3. The zero-order chi connectivity index (χ0) is 16.7. The van der Waals surface area contributed by atoms with Crippen LogP contribution in [0.25, 0.3) is 0 Å². The maximum Gasteiger partial charge on any atom is 0.245 e. The van der Waals surface area contributed by atoms with Crippen LogP contribution in [0.1, 0.15) is 64.1 Å². The molecule has 1 aromatic rings. The van der Waals surface area contributed by atoms with Gasteiger partial charge in [0.25, 0.3) is 0 Å². The number of aryl methyl sites for hydroxylation is 1. The SMILES string of the molecule is CCCCC(=O)N(CC(=O)Nc1cc(C)on1)C1CCCCC1. The highest BCUT2D eigenvalue weighted by Crippen LogP contribution is 2.23. The molecule has 1 aliphatic rings. The zero-order valence-corrected chi connectivity index (χ0v) is 14.1. The molecule has 1 fully saturated rings. The van der Waals surface area contributed by atoms with Crippen molar-refractivity contribution in [3.63, 3.8) is 0 Å². The number of amides is 2. The minimum Gasteiger partial charge on any atom is -0.360 e. The van der Waals surface area contributed by atoms with Gasteiger partial charge in [0.1, 0.15) is 12.3 Å². The lowest BCUT2D eigenvalue weighted by atomic mass is 9.93. The van der Waals surface area contributed by atoms with E-state index in [-0.39, 0.29) is 24.4 Å². The number of nitrogens with one attached hydrogen (secondary N) is 1. The average Bonchev–Trinajstić information content (AvgIpc) is 2.96. The molecule has 1 heterocycles. The number of hydrogen-bond acceptors (Lipinski definition) is 4. The van der Waals surface area contributed by atoms with Gasteiger partial charge in [-0.2, -0.15) is 0 Å². The molecule has 6 heteroatoms. The molecule has 0 aliphatic heterocycles. The first kappa shape index (κ1) is 17.5. The molecule has 0 unspecified atom stereocenters. The van der Waals surface area contributed by atoms with Crippen molar-refractivity contribution >= 4 is 17.6 Å². The summed E-state index contributed by atoms with van der Waals surface area (Å²) in [5.74, 6) is 0.916. The largest absolute Gasteiger partial charge is 0.360 e. The molecule has 1 N–H and O–H groups in total. The summed E-state index contributed by atoms with van der Waals surface area (Å²) >= 11 is 0. The normalized spacial score (nSPS) is 15.4. The molecule has 128 valence electrons. The first-order chi connectivity index (χ1) is 11.1. The van der Waals surface area contributed by atoms with Gasteiger partial charge in [-0.25, -0.2) is 0 Å². The summed E-state index contributed by atoms with van der Waals surface area (Å²) in [4.78, 5) is 26.5. The molecule has 2 rings (SSSR count). The van der Waals surface area contributed by atoms with Crippen LogP contribution in [0.5, 0.6) is 0 Å². The van der Waals surface area contributed by atoms with E-state index in [2.05, 4.69) is 17.4 Å². The number of carbonyl (C=O) groups is 2. The number of nitrogens with zero attached hydrogens (tertiary/aromatic N) is 2. The third-order valence-corrected chi connectivity index (χ3v) is 4.29. The fourth-order valence-electron chi connectivity index (χ4n) is 3.05. The topological polar surface area (TPSA) is 75.4 Å². The Kier molecular flexibility index (Phi) is 6.62. The van der Waals surface area contributed by atoms with Crippen LogP contribution in [0, 0.1) is 6.92 Å². The van der Waals surface area contributed by atoms with E-state index in [0.29, 0.717) is 18.0 Å². The van der Waals surface area contributed by atoms with Crippen LogP contribution in [0.15, 0.2) is 10.6 Å².